The molecule has 0 unspecified atom stereocenters. The number of ether oxygens (including phenoxy) is 1. The van der Waals surface area contributed by atoms with Crippen LogP contribution < -0.4 is 0 Å². The van der Waals surface area contributed by atoms with Crippen molar-refractivity contribution in [3.63, 3.8) is 0 Å². The third-order valence-corrected chi connectivity index (χ3v) is 6.05. The van der Waals surface area contributed by atoms with E-state index in [-0.39, 0.29) is 18.2 Å². The number of halogens is 1. The highest BCUT2D eigenvalue weighted by molar-refractivity contribution is 6.00. The van der Waals surface area contributed by atoms with Gasteiger partial charge in [0, 0.05) is 28.9 Å². The van der Waals surface area contributed by atoms with E-state index in [0.717, 1.165) is 51.7 Å². The summed E-state index contributed by atoms with van der Waals surface area (Å²) in [5.74, 6) is -0.257. The van der Waals surface area contributed by atoms with Gasteiger partial charge in [0.25, 0.3) is 0 Å². The van der Waals surface area contributed by atoms with Crippen molar-refractivity contribution in [3.05, 3.63) is 71.2 Å². The van der Waals surface area contributed by atoms with Crippen LogP contribution in [0, 0.1) is 12.7 Å². The van der Waals surface area contributed by atoms with E-state index >= 15 is 0 Å². The van der Waals surface area contributed by atoms with Gasteiger partial charge in [-0.25, -0.2) is 4.39 Å². The average Bonchev–Trinajstić information content (AvgIpc) is 3.56. The number of hydrogen-bond donors (Lipinski definition) is 1. The third kappa shape index (κ3) is 3.98. The molecule has 0 spiro atoms. The van der Waals surface area contributed by atoms with Crippen molar-refractivity contribution in [1.82, 2.24) is 4.98 Å². The molecule has 5 heteroatoms. The lowest BCUT2D eigenvalue weighted by atomic mass is 9.90. The summed E-state index contributed by atoms with van der Waals surface area (Å²) in [4.78, 5) is 16.7. The second-order valence-corrected chi connectivity index (χ2v) is 8.52. The molecule has 0 bridgehead atoms. The maximum Gasteiger partial charge on any atom is 0.309 e. The maximum absolute atomic E-state index is 13.9. The largest absolute Gasteiger partial charge is 0.458 e. The number of benzene rings is 2. The molecule has 1 saturated carbocycles. The van der Waals surface area contributed by atoms with E-state index in [0.29, 0.717) is 12.3 Å². The number of esters is 1. The van der Waals surface area contributed by atoms with Crippen molar-refractivity contribution in [2.75, 3.05) is 0 Å². The minimum Gasteiger partial charge on any atom is -0.458 e. The molecular formula is C26H24FNO3. The predicted octanol–water partition coefficient (Wildman–Crippen LogP) is 5.31. The smallest absolute Gasteiger partial charge is 0.309 e. The summed E-state index contributed by atoms with van der Waals surface area (Å²) >= 11 is 0. The number of rotatable bonds is 4. The van der Waals surface area contributed by atoms with E-state index in [4.69, 9.17) is 9.72 Å². The Morgan fingerprint density at radius 3 is 2.74 bits per heavy atom. The van der Waals surface area contributed by atoms with Gasteiger partial charge in [-0.1, -0.05) is 30.3 Å². The predicted molar refractivity (Wildman–Crippen MR) is 118 cm³/mol. The zero-order valence-corrected chi connectivity index (χ0v) is 17.3. The van der Waals surface area contributed by atoms with Crippen molar-refractivity contribution in [2.24, 2.45) is 0 Å². The number of aromatic nitrogens is 1. The second kappa shape index (κ2) is 7.89. The van der Waals surface area contributed by atoms with Gasteiger partial charge in [0.15, 0.2) is 0 Å². The fraction of sp³-hybridized carbons (Fsp3) is 0.308. The SMILES string of the molecule is Cc1cc(F)ccc1-c1c(C=C[C@@H]2C[C@@H](O)CC(=O)O2)c(C2CC2)nc2ccccc12. The lowest BCUT2D eigenvalue weighted by Gasteiger charge is -2.24. The summed E-state index contributed by atoms with van der Waals surface area (Å²) in [5.41, 5.74) is 5.75. The molecule has 5 rings (SSSR count). The second-order valence-electron chi connectivity index (χ2n) is 8.52. The van der Waals surface area contributed by atoms with Gasteiger partial charge in [-0.3, -0.25) is 9.78 Å². The molecule has 2 aliphatic rings. The Labute approximate surface area is 180 Å². The Kier molecular flexibility index (Phi) is 5.06. The van der Waals surface area contributed by atoms with Crippen LogP contribution in [-0.4, -0.2) is 28.3 Å². The Hall–Kier alpha value is -3.05. The molecule has 31 heavy (non-hydrogen) atoms. The summed E-state index contributed by atoms with van der Waals surface area (Å²) in [6.45, 7) is 1.91. The first kappa shape index (κ1) is 19.9. The van der Waals surface area contributed by atoms with Crippen LogP contribution in [0.15, 0.2) is 48.5 Å². The van der Waals surface area contributed by atoms with Crippen molar-refractivity contribution >= 4 is 22.9 Å². The van der Waals surface area contributed by atoms with E-state index in [1.165, 1.54) is 6.07 Å². The Morgan fingerprint density at radius 2 is 2.00 bits per heavy atom. The van der Waals surface area contributed by atoms with Crippen LogP contribution in [-0.2, 0) is 9.53 Å². The molecule has 2 aromatic carbocycles. The van der Waals surface area contributed by atoms with E-state index in [9.17, 15) is 14.3 Å². The molecule has 0 amide bonds. The fourth-order valence-corrected chi connectivity index (χ4v) is 4.41. The monoisotopic (exact) mass is 417 g/mol. The first-order valence-electron chi connectivity index (χ1n) is 10.7. The number of carbonyl (C=O) groups is 1. The van der Waals surface area contributed by atoms with Gasteiger partial charge < -0.3 is 9.84 Å². The van der Waals surface area contributed by atoms with Crippen LogP contribution in [0.25, 0.3) is 28.1 Å². The molecule has 1 saturated heterocycles. The van der Waals surface area contributed by atoms with Crippen LogP contribution in [0.3, 0.4) is 0 Å². The molecule has 1 aliphatic carbocycles. The van der Waals surface area contributed by atoms with Crippen LogP contribution in [0.1, 0.15) is 48.4 Å². The van der Waals surface area contributed by atoms with Gasteiger partial charge >= 0.3 is 5.97 Å². The number of para-hydroxylation sites is 1. The number of aliphatic hydroxyl groups excluding tert-OH is 1. The molecule has 2 fully saturated rings. The van der Waals surface area contributed by atoms with Crippen molar-refractivity contribution in [1.29, 1.82) is 0 Å². The summed E-state index contributed by atoms with van der Waals surface area (Å²) in [6.07, 6.45) is 5.25. The standard InChI is InChI=1S/C26H24FNO3/c1-15-12-17(27)8-10-20(15)25-21-4-2-3-5-23(21)28-26(16-6-7-16)22(25)11-9-19-13-18(29)14-24(30)31-19/h2-5,8-12,16,18-19,29H,6-7,13-14H2,1H3/t18-,19-/m1/s1. The first-order chi connectivity index (χ1) is 15.0. The highest BCUT2D eigenvalue weighted by atomic mass is 19.1. The normalized spacial score (nSPS) is 21.6. The molecular weight excluding hydrogens is 393 g/mol. The zero-order chi connectivity index (χ0) is 21.5. The van der Waals surface area contributed by atoms with E-state index in [1.807, 2.05) is 49.4 Å². The molecule has 4 nitrogen and oxygen atoms in total. The van der Waals surface area contributed by atoms with Gasteiger partial charge in [0.1, 0.15) is 11.9 Å². The van der Waals surface area contributed by atoms with Crippen molar-refractivity contribution < 1.29 is 19.0 Å². The molecule has 1 aromatic heterocycles. The van der Waals surface area contributed by atoms with Crippen LogP contribution in [0.5, 0.6) is 0 Å². The highest BCUT2D eigenvalue weighted by Crippen LogP contribution is 2.46. The Morgan fingerprint density at radius 1 is 1.19 bits per heavy atom. The fourth-order valence-electron chi connectivity index (χ4n) is 4.41. The molecule has 0 radical (unpaired) electrons. The molecule has 158 valence electrons. The van der Waals surface area contributed by atoms with Gasteiger partial charge in [0.05, 0.1) is 23.7 Å². The molecule has 3 aromatic rings. The number of fused-ring (bicyclic) bond motifs is 1. The molecule has 2 heterocycles. The number of cyclic esters (lactones) is 1. The van der Waals surface area contributed by atoms with Crippen LogP contribution >= 0.6 is 0 Å². The number of nitrogens with zero attached hydrogens (tertiary/aromatic N) is 1. The quantitative estimate of drug-likeness (QED) is 0.585. The van der Waals surface area contributed by atoms with Gasteiger partial charge in [-0.2, -0.15) is 0 Å². The summed E-state index contributed by atoms with van der Waals surface area (Å²) in [6, 6.07) is 12.9. The summed E-state index contributed by atoms with van der Waals surface area (Å²) in [5, 5.41) is 11.0. The van der Waals surface area contributed by atoms with E-state index in [1.54, 1.807) is 6.07 Å². The van der Waals surface area contributed by atoms with E-state index < -0.39 is 12.2 Å². The third-order valence-electron chi connectivity index (χ3n) is 6.05. The summed E-state index contributed by atoms with van der Waals surface area (Å²) in [7, 11) is 0. The molecule has 2 atom stereocenters. The van der Waals surface area contributed by atoms with Crippen molar-refractivity contribution in [2.45, 2.75) is 50.7 Å². The number of carbonyl (C=O) groups excluding carboxylic acids is 1. The van der Waals surface area contributed by atoms with Crippen LogP contribution in [0.4, 0.5) is 4.39 Å². The maximum atomic E-state index is 13.9. The summed E-state index contributed by atoms with van der Waals surface area (Å²) < 4.78 is 19.3. The molecule has 1 aliphatic heterocycles. The Bertz CT molecular complexity index is 1200. The minimum atomic E-state index is -0.688. The highest BCUT2D eigenvalue weighted by Gasteiger charge is 2.30. The van der Waals surface area contributed by atoms with Crippen LogP contribution in [0.2, 0.25) is 0 Å². The minimum absolute atomic E-state index is 0.0369. The number of aryl methyl sites for hydroxylation is 1. The average molecular weight is 417 g/mol. The number of aliphatic hydroxyl groups is 1. The van der Waals surface area contributed by atoms with Gasteiger partial charge in [-0.15, -0.1) is 0 Å². The lowest BCUT2D eigenvalue weighted by Crippen LogP contribution is -2.31. The first-order valence-corrected chi connectivity index (χ1v) is 10.7. The Balaban J connectivity index is 1.71. The van der Waals surface area contributed by atoms with Gasteiger partial charge in [0.2, 0.25) is 0 Å². The van der Waals surface area contributed by atoms with Crippen molar-refractivity contribution in [3.8, 4) is 11.1 Å². The number of hydrogen-bond acceptors (Lipinski definition) is 4. The van der Waals surface area contributed by atoms with E-state index in [2.05, 4.69) is 0 Å². The zero-order valence-electron chi connectivity index (χ0n) is 17.3. The lowest BCUT2D eigenvalue weighted by molar-refractivity contribution is -0.156. The topological polar surface area (TPSA) is 59.4 Å². The van der Waals surface area contributed by atoms with Gasteiger partial charge in [-0.05, 0) is 55.2 Å². The molecule has 1 N–H and O–H groups in total. The number of pyridine rings is 1.